The molecule has 0 saturated carbocycles. The monoisotopic (exact) mass is 386 g/mol. The topological polar surface area (TPSA) is 106 Å². The van der Waals surface area contributed by atoms with Crippen LogP contribution in [0.15, 0.2) is 67.1 Å². The molecule has 1 aromatic carbocycles. The van der Waals surface area contributed by atoms with Crippen LogP contribution >= 0.6 is 0 Å². The Morgan fingerprint density at radius 3 is 2.62 bits per heavy atom. The van der Waals surface area contributed by atoms with Gasteiger partial charge >= 0.3 is 0 Å². The van der Waals surface area contributed by atoms with Gasteiger partial charge in [-0.05, 0) is 29.3 Å². The number of pyridine rings is 2. The van der Waals surface area contributed by atoms with Gasteiger partial charge in [-0.1, -0.05) is 30.3 Å². The predicted octanol–water partition coefficient (Wildman–Crippen LogP) is 3.11. The van der Waals surface area contributed by atoms with Crippen LogP contribution in [0.1, 0.15) is 22.0 Å². The Bertz CT molecular complexity index is 1110. The number of methoxy groups -OCH3 is 1. The summed E-state index contributed by atoms with van der Waals surface area (Å²) in [5.41, 5.74) is 2.77. The normalized spacial score (nSPS) is 10.5. The van der Waals surface area contributed by atoms with Gasteiger partial charge < -0.3 is 10.1 Å². The summed E-state index contributed by atoms with van der Waals surface area (Å²) >= 11 is 0. The lowest BCUT2D eigenvalue weighted by atomic mass is 10.1. The first kappa shape index (κ1) is 18.3. The summed E-state index contributed by atoms with van der Waals surface area (Å²) < 4.78 is 5.51. The Morgan fingerprint density at radius 1 is 1.07 bits per heavy atom. The van der Waals surface area contributed by atoms with E-state index >= 15 is 0 Å². The highest BCUT2D eigenvalue weighted by Gasteiger charge is 2.18. The highest BCUT2D eigenvalue weighted by atomic mass is 16.5. The van der Waals surface area contributed by atoms with Gasteiger partial charge in [0.15, 0.2) is 11.6 Å². The standard InChI is InChI=1S/C21H18N6O2/c1-29-18-16(15-7-10-22-11-8-15)9-12-23-19(18)25-21(28)20-24-17(26-27-20)13-14-5-3-2-4-6-14/h2-12H,13H2,1H3,(H,23,25,28)(H,24,26,27). The second-order valence-corrected chi connectivity index (χ2v) is 6.20. The molecule has 0 bridgehead atoms. The first-order valence-corrected chi connectivity index (χ1v) is 8.94. The molecule has 0 aliphatic heterocycles. The van der Waals surface area contributed by atoms with Crippen LogP contribution in [0.2, 0.25) is 0 Å². The van der Waals surface area contributed by atoms with Crippen molar-refractivity contribution in [2.45, 2.75) is 6.42 Å². The number of H-pyrrole nitrogens is 1. The summed E-state index contributed by atoms with van der Waals surface area (Å²) in [7, 11) is 1.53. The number of benzene rings is 1. The zero-order valence-corrected chi connectivity index (χ0v) is 15.7. The quantitative estimate of drug-likeness (QED) is 0.527. The molecular formula is C21H18N6O2. The zero-order chi connectivity index (χ0) is 20.1. The van der Waals surface area contributed by atoms with Gasteiger partial charge in [0, 0.05) is 30.6 Å². The van der Waals surface area contributed by atoms with Crippen LogP contribution in [0, 0.1) is 0 Å². The van der Waals surface area contributed by atoms with Crippen molar-refractivity contribution < 1.29 is 9.53 Å². The molecule has 0 fully saturated rings. The Labute approximate surface area is 167 Å². The highest BCUT2D eigenvalue weighted by molar-refractivity contribution is 6.02. The van der Waals surface area contributed by atoms with Gasteiger partial charge in [0.25, 0.3) is 5.91 Å². The summed E-state index contributed by atoms with van der Waals surface area (Å²) in [4.78, 5) is 25.2. The van der Waals surface area contributed by atoms with Crippen molar-refractivity contribution in [2.24, 2.45) is 0 Å². The number of hydrogen-bond acceptors (Lipinski definition) is 6. The molecule has 8 heteroatoms. The van der Waals surface area contributed by atoms with E-state index in [0.717, 1.165) is 16.7 Å². The molecule has 144 valence electrons. The molecule has 29 heavy (non-hydrogen) atoms. The molecule has 0 aliphatic rings. The van der Waals surface area contributed by atoms with Crippen molar-refractivity contribution in [3.05, 3.63) is 84.3 Å². The first-order chi connectivity index (χ1) is 14.2. The minimum atomic E-state index is -0.474. The van der Waals surface area contributed by atoms with Crippen LogP contribution in [0.3, 0.4) is 0 Å². The molecule has 0 saturated heterocycles. The summed E-state index contributed by atoms with van der Waals surface area (Å²) in [6.07, 6.45) is 5.54. The maximum Gasteiger partial charge on any atom is 0.296 e. The predicted molar refractivity (Wildman–Crippen MR) is 108 cm³/mol. The fourth-order valence-electron chi connectivity index (χ4n) is 2.93. The lowest BCUT2D eigenvalue weighted by molar-refractivity contribution is 0.101. The number of amides is 1. The molecule has 0 aliphatic carbocycles. The van der Waals surface area contributed by atoms with Gasteiger partial charge in [0.1, 0.15) is 5.82 Å². The van der Waals surface area contributed by atoms with Crippen LogP contribution in [0.25, 0.3) is 11.1 Å². The number of aromatic nitrogens is 5. The van der Waals surface area contributed by atoms with Crippen molar-refractivity contribution in [3.63, 3.8) is 0 Å². The minimum Gasteiger partial charge on any atom is -0.492 e. The fourth-order valence-corrected chi connectivity index (χ4v) is 2.93. The number of carbonyl (C=O) groups is 1. The van der Waals surface area contributed by atoms with Gasteiger partial charge in [-0.2, -0.15) is 0 Å². The van der Waals surface area contributed by atoms with E-state index in [1.54, 1.807) is 18.6 Å². The van der Waals surface area contributed by atoms with E-state index in [1.165, 1.54) is 7.11 Å². The number of carbonyl (C=O) groups excluding carboxylic acids is 1. The molecule has 4 rings (SSSR count). The van der Waals surface area contributed by atoms with Crippen molar-refractivity contribution in [2.75, 3.05) is 12.4 Å². The fraction of sp³-hybridized carbons (Fsp3) is 0.0952. The molecule has 3 aromatic heterocycles. The number of anilines is 1. The first-order valence-electron chi connectivity index (χ1n) is 8.94. The van der Waals surface area contributed by atoms with E-state index in [1.807, 2.05) is 48.5 Å². The summed E-state index contributed by atoms with van der Waals surface area (Å²) in [5, 5.41) is 9.56. The number of rotatable bonds is 6. The number of hydrogen-bond donors (Lipinski definition) is 2. The van der Waals surface area contributed by atoms with Crippen molar-refractivity contribution in [1.82, 2.24) is 25.1 Å². The number of aromatic amines is 1. The Morgan fingerprint density at radius 2 is 1.86 bits per heavy atom. The molecule has 4 aromatic rings. The second-order valence-electron chi connectivity index (χ2n) is 6.20. The summed E-state index contributed by atoms with van der Waals surface area (Å²) in [5.74, 6) is 0.910. The lowest BCUT2D eigenvalue weighted by Crippen LogP contribution is -2.15. The van der Waals surface area contributed by atoms with Crippen LogP contribution in [-0.4, -0.2) is 38.2 Å². The lowest BCUT2D eigenvalue weighted by Gasteiger charge is -2.12. The highest BCUT2D eigenvalue weighted by Crippen LogP contribution is 2.34. The van der Waals surface area contributed by atoms with Gasteiger partial charge in [0.05, 0.1) is 7.11 Å². The molecule has 3 heterocycles. The number of nitrogens with one attached hydrogen (secondary N) is 2. The Hall–Kier alpha value is -4.07. The molecule has 0 atom stereocenters. The van der Waals surface area contributed by atoms with Gasteiger partial charge in [-0.15, -0.1) is 5.10 Å². The number of nitrogens with zero attached hydrogens (tertiary/aromatic N) is 4. The third-order valence-corrected chi connectivity index (χ3v) is 4.28. The largest absolute Gasteiger partial charge is 0.492 e. The summed E-state index contributed by atoms with van der Waals surface area (Å²) in [6.45, 7) is 0. The van der Waals surface area contributed by atoms with E-state index in [-0.39, 0.29) is 5.82 Å². The van der Waals surface area contributed by atoms with Crippen LogP contribution in [-0.2, 0) is 6.42 Å². The van der Waals surface area contributed by atoms with E-state index < -0.39 is 5.91 Å². The van der Waals surface area contributed by atoms with E-state index in [2.05, 4.69) is 30.5 Å². The second kappa shape index (κ2) is 8.30. The molecular weight excluding hydrogens is 368 g/mol. The molecule has 1 amide bonds. The average molecular weight is 386 g/mol. The third kappa shape index (κ3) is 4.11. The molecule has 8 nitrogen and oxygen atoms in total. The third-order valence-electron chi connectivity index (χ3n) is 4.28. The Kier molecular flexibility index (Phi) is 5.24. The Balaban J connectivity index is 1.55. The van der Waals surface area contributed by atoms with Gasteiger partial charge in [-0.25, -0.2) is 9.97 Å². The van der Waals surface area contributed by atoms with Gasteiger partial charge in [0.2, 0.25) is 5.82 Å². The average Bonchev–Trinajstić information content (AvgIpc) is 3.23. The maximum atomic E-state index is 12.6. The molecule has 2 N–H and O–H groups in total. The van der Waals surface area contributed by atoms with E-state index in [9.17, 15) is 4.79 Å². The van der Waals surface area contributed by atoms with Crippen LogP contribution in [0.5, 0.6) is 5.75 Å². The molecule has 0 radical (unpaired) electrons. The zero-order valence-electron chi connectivity index (χ0n) is 15.7. The molecule has 0 spiro atoms. The van der Waals surface area contributed by atoms with E-state index in [4.69, 9.17) is 4.74 Å². The minimum absolute atomic E-state index is 0.0362. The van der Waals surface area contributed by atoms with Crippen molar-refractivity contribution in [3.8, 4) is 16.9 Å². The maximum absolute atomic E-state index is 12.6. The van der Waals surface area contributed by atoms with Gasteiger partial charge in [-0.3, -0.25) is 14.9 Å². The number of ether oxygens (including phenoxy) is 1. The van der Waals surface area contributed by atoms with Crippen LogP contribution < -0.4 is 10.1 Å². The smallest absolute Gasteiger partial charge is 0.296 e. The van der Waals surface area contributed by atoms with Crippen LogP contribution in [0.4, 0.5) is 5.82 Å². The van der Waals surface area contributed by atoms with E-state index in [0.29, 0.717) is 23.8 Å². The van der Waals surface area contributed by atoms with Crippen molar-refractivity contribution >= 4 is 11.7 Å². The molecule has 0 unspecified atom stereocenters. The SMILES string of the molecule is COc1c(-c2ccncc2)ccnc1NC(=O)c1n[nH]c(Cc2ccccc2)n1. The summed E-state index contributed by atoms with van der Waals surface area (Å²) in [6, 6.07) is 15.4. The van der Waals surface area contributed by atoms with Crippen molar-refractivity contribution in [1.29, 1.82) is 0 Å².